The minimum Gasteiger partial charge on any atom is -0.388 e. The van der Waals surface area contributed by atoms with Crippen molar-refractivity contribution in [3.8, 4) is 0 Å². The fraction of sp³-hybridized carbons (Fsp3) is 0.278. The fourth-order valence-corrected chi connectivity index (χ4v) is 3.28. The van der Waals surface area contributed by atoms with Crippen LogP contribution in [0.1, 0.15) is 18.6 Å². The highest BCUT2D eigenvalue weighted by Crippen LogP contribution is 2.23. The number of amides is 1. The Bertz CT molecular complexity index is 617. The number of anilines is 1. The summed E-state index contributed by atoms with van der Waals surface area (Å²) in [6.45, 7) is 1.86. The molecule has 0 aliphatic carbocycles. The molecule has 2 unspecified atom stereocenters. The van der Waals surface area contributed by atoms with Crippen LogP contribution in [0.3, 0.4) is 0 Å². The Morgan fingerprint density at radius 3 is 2.39 bits per heavy atom. The number of carbonyl (C=O) groups is 1. The van der Waals surface area contributed by atoms with Crippen LogP contribution in [0.5, 0.6) is 0 Å². The smallest absolute Gasteiger partial charge is 0.237 e. The second kappa shape index (κ2) is 9.01. The molecule has 122 valence electrons. The number of carbonyl (C=O) groups excluding carboxylic acids is 1. The highest BCUT2D eigenvalue weighted by Gasteiger charge is 2.16. The SMILES string of the molecule is CSc1ccc(NC(=O)C(C)SCC(O)c2ccccc2)cc1. The van der Waals surface area contributed by atoms with Crippen molar-refractivity contribution in [2.24, 2.45) is 0 Å². The van der Waals surface area contributed by atoms with Gasteiger partial charge in [-0.25, -0.2) is 0 Å². The van der Waals surface area contributed by atoms with E-state index in [4.69, 9.17) is 0 Å². The van der Waals surface area contributed by atoms with Crippen LogP contribution in [0.15, 0.2) is 59.5 Å². The number of benzene rings is 2. The Kier molecular flexibility index (Phi) is 7.02. The first kappa shape index (κ1) is 17.9. The second-order valence-electron chi connectivity index (χ2n) is 5.12. The Morgan fingerprint density at radius 1 is 1.13 bits per heavy atom. The van der Waals surface area contributed by atoms with Crippen LogP contribution >= 0.6 is 23.5 Å². The molecule has 2 aromatic rings. The molecule has 0 saturated carbocycles. The van der Waals surface area contributed by atoms with Crippen LogP contribution in [-0.4, -0.2) is 28.3 Å². The minimum absolute atomic E-state index is 0.0489. The Morgan fingerprint density at radius 2 is 1.78 bits per heavy atom. The maximum absolute atomic E-state index is 12.2. The predicted molar refractivity (Wildman–Crippen MR) is 100 cm³/mol. The zero-order valence-electron chi connectivity index (χ0n) is 13.2. The van der Waals surface area contributed by atoms with E-state index in [0.29, 0.717) is 5.75 Å². The van der Waals surface area contributed by atoms with Crippen molar-refractivity contribution >= 4 is 35.1 Å². The molecule has 0 aromatic heterocycles. The first-order valence-electron chi connectivity index (χ1n) is 7.39. The zero-order valence-corrected chi connectivity index (χ0v) is 14.9. The van der Waals surface area contributed by atoms with Gasteiger partial charge in [0.2, 0.25) is 5.91 Å². The van der Waals surface area contributed by atoms with Gasteiger partial charge in [-0.15, -0.1) is 23.5 Å². The molecule has 0 radical (unpaired) electrons. The molecule has 2 rings (SSSR count). The molecule has 2 aromatic carbocycles. The molecule has 2 atom stereocenters. The van der Waals surface area contributed by atoms with Gasteiger partial charge >= 0.3 is 0 Å². The van der Waals surface area contributed by atoms with Crippen molar-refractivity contribution in [3.05, 3.63) is 60.2 Å². The number of aliphatic hydroxyl groups is 1. The lowest BCUT2D eigenvalue weighted by Gasteiger charge is -2.15. The van der Waals surface area contributed by atoms with Gasteiger partial charge in [-0.1, -0.05) is 30.3 Å². The highest BCUT2D eigenvalue weighted by atomic mass is 32.2. The summed E-state index contributed by atoms with van der Waals surface area (Å²) in [6.07, 6.45) is 1.46. The number of rotatable bonds is 7. The quantitative estimate of drug-likeness (QED) is 0.737. The lowest BCUT2D eigenvalue weighted by molar-refractivity contribution is -0.115. The van der Waals surface area contributed by atoms with Crippen LogP contribution in [0.4, 0.5) is 5.69 Å². The standard InChI is InChI=1S/C18H21NO2S2/c1-13(23-12-17(20)14-6-4-3-5-7-14)18(21)19-15-8-10-16(22-2)11-9-15/h3-11,13,17,20H,12H2,1-2H3,(H,19,21). The van der Waals surface area contributed by atoms with E-state index in [-0.39, 0.29) is 11.2 Å². The number of hydrogen-bond donors (Lipinski definition) is 2. The van der Waals surface area contributed by atoms with E-state index in [0.717, 1.165) is 16.1 Å². The maximum atomic E-state index is 12.2. The van der Waals surface area contributed by atoms with Gasteiger partial charge < -0.3 is 10.4 Å². The molecule has 1 amide bonds. The predicted octanol–water partition coefficient (Wildman–Crippen LogP) is 4.20. The van der Waals surface area contributed by atoms with Crippen LogP contribution < -0.4 is 5.32 Å². The molecule has 5 heteroatoms. The molecule has 0 fully saturated rings. The average molecular weight is 348 g/mol. The Balaban J connectivity index is 1.82. The van der Waals surface area contributed by atoms with E-state index in [1.54, 1.807) is 11.8 Å². The lowest BCUT2D eigenvalue weighted by Crippen LogP contribution is -2.23. The van der Waals surface area contributed by atoms with Crippen LogP contribution in [0.25, 0.3) is 0 Å². The largest absolute Gasteiger partial charge is 0.388 e. The summed E-state index contributed by atoms with van der Waals surface area (Å²) in [7, 11) is 0. The summed E-state index contributed by atoms with van der Waals surface area (Å²) < 4.78 is 0. The fourth-order valence-electron chi connectivity index (χ4n) is 2.00. The first-order valence-corrected chi connectivity index (χ1v) is 9.67. The molecule has 0 aliphatic rings. The summed E-state index contributed by atoms with van der Waals surface area (Å²) in [5, 5.41) is 12.8. The van der Waals surface area contributed by atoms with E-state index in [1.807, 2.05) is 67.8 Å². The van der Waals surface area contributed by atoms with Gasteiger partial charge in [0.1, 0.15) is 0 Å². The zero-order chi connectivity index (χ0) is 16.7. The minimum atomic E-state index is -0.558. The summed E-state index contributed by atoms with van der Waals surface area (Å²) in [6, 6.07) is 17.3. The average Bonchev–Trinajstić information content (AvgIpc) is 2.60. The van der Waals surface area contributed by atoms with Crippen LogP contribution in [0.2, 0.25) is 0 Å². The molecule has 2 N–H and O–H groups in total. The van der Waals surface area contributed by atoms with Gasteiger partial charge in [0.05, 0.1) is 11.4 Å². The highest BCUT2D eigenvalue weighted by molar-refractivity contribution is 8.00. The van der Waals surface area contributed by atoms with Crippen LogP contribution in [0, 0.1) is 0 Å². The molecule has 0 aliphatic heterocycles. The van der Waals surface area contributed by atoms with E-state index in [9.17, 15) is 9.90 Å². The Labute approximate surface area is 145 Å². The van der Waals surface area contributed by atoms with Crippen molar-refractivity contribution in [2.75, 3.05) is 17.3 Å². The molecular weight excluding hydrogens is 326 g/mol. The monoisotopic (exact) mass is 347 g/mol. The van der Waals surface area contributed by atoms with Crippen molar-refractivity contribution in [2.45, 2.75) is 23.2 Å². The van der Waals surface area contributed by atoms with Gasteiger partial charge in [-0.05, 0) is 43.0 Å². The summed E-state index contributed by atoms with van der Waals surface area (Å²) in [5.74, 6) is 0.441. The molecular formula is C18H21NO2S2. The third-order valence-corrected chi connectivity index (χ3v) is 5.38. The van der Waals surface area contributed by atoms with Crippen molar-refractivity contribution in [1.29, 1.82) is 0 Å². The lowest BCUT2D eigenvalue weighted by atomic mass is 10.1. The molecule has 23 heavy (non-hydrogen) atoms. The topological polar surface area (TPSA) is 49.3 Å². The van der Waals surface area contributed by atoms with Gasteiger partial charge in [-0.3, -0.25) is 4.79 Å². The summed E-state index contributed by atoms with van der Waals surface area (Å²) >= 11 is 3.12. The summed E-state index contributed by atoms with van der Waals surface area (Å²) in [4.78, 5) is 13.4. The molecule has 0 bridgehead atoms. The maximum Gasteiger partial charge on any atom is 0.237 e. The van der Waals surface area contributed by atoms with Gasteiger partial charge in [0.25, 0.3) is 0 Å². The van der Waals surface area contributed by atoms with Crippen molar-refractivity contribution in [1.82, 2.24) is 0 Å². The molecule has 0 heterocycles. The van der Waals surface area contributed by atoms with Gasteiger partial charge in [0, 0.05) is 16.3 Å². The Hall–Kier alpha value is -1.43. The summed E-state index contributed by atoms with van der Waals surface area (Å²) in [5.41, 5.74) is 1.67. The number of thioether (sulfide) groups is 2. The van der Waals surface area contributed by atoms with E-state index in [1.165, 1.54) is 11.8 Å². The van der Waals surface area contributed by atoms with E-state index >= 15 is 0 Å². The number of nitrogens with one attached hydrogen (secondary N) is 1. The molecule has 3 nitrogen and oxygen atoms in total. The second-order valence-corrected chi connectivity index (χ2v) is 7.37. The third-order valence-electron chi connectivity index (χ3n) is 3.42. The molecule has 0 saturated heterocycles. The van der Waals surface area contributed by atoms with Crippen LogP contribution in [-0.2, 0) is 4.79 Å². The van der Waals surface area contributed by atoms with Gasteiger partial charge in [-0.2, -0.15) is 0 Å². The van der Waals surface area contributed by atoms with Crippen molar-refractivity contribution < 1.29 is 9.90 Å². The van der Waals surface area contributed by atoms with Crippen molar-refractivity contribution in [3.63, 3.8) is 0 Å². The normalized spacial score (nSPS) is 13.3. The molecule has 0 spiro atoms. The number of aliphatic hydroxyl groups excluding tert-OH is 1. The van der Waals surface area contributed by atoms with E-state index in [2.05, 4.69) is 5.32 Å². The third kappa shape index (κ3) is 5.61. The first-order chi connectivity index (χ1) is 11.1. The van der Waals surface area contributed by atoms with Gasteiger partial charge in [0.15, 0.2) is 0 Å². The number of hydrogen-bond acceptors (Lipinski definition) is 4. The van der Waals surface area contributed by atoms with E-state index < -0.39 is 6.10 Å².